The number of aliphatic hydroxyl groups excluding tert-OH is 3. The van der Waals surface area contributed by atoms with E-state index in [9.17, 15) is 50.4 Å². The number of phenolic OH excluding ortho intramolecular Hbond substituents is 5. The highest BCUT2D eigenvalue weighted by Gasteiger charge is 2.48. The molecule has 1 aliphatic heterocycles. The zero-order valence-electron chi connectivity index (χ0n) is 22.5. The summed E-state index contributed by atoms with van der Waals surface area (Å²) in [5.74, 6) is -3.45. The first-order chi connectivity index (χ1) is 20.9. The van der Waals surface area contributed by atoms with Crippen molar-refractivity contribution < 1.29 is 64.3 Å². The molecular formula is C30H26O14. The molecule has 44 heavy (non-hydrogen) atoms. The van der Waals surface area contributed by atoms with Crippen LogP contribution in [0.25, 0.3) is 28.4 Å². The van der Waals surface area contributed by atoms with E-state index in [1.165, 1.54) is 42.5 Å². The van der Waals surface area contributed by atoms with Crippen LogP contribution in [-0.4, -0.2) is 84.1 Å². The third kappa shape index (κ3) is 6.09. The lowest BCUT2D eigenvalue weighted by molar-refractivity contribution is -0.281. The van der Waals surface area contributed by atoms with Crippen LogP contribution in [-0.2, 0) is 14.3 Å². The van der Waals surface area contributed by atoms with E-state index in [2.05, 4.69) is 0 Å². The van der Waals surface area contributed by atoms with Crippen molar-refractivity contribution in [3.05, 3.63) is 76.5 Å². The third-order valence-corrected chi connectivity index (χ3v) is 6.78. The number of aliphatic hydroxyl groups is 3. The van der Waals surface area contributed by atoms with Crippen LogP contribution in [0, 0.1) is 0 Å². The number of phenols is 5. The number of ether oxygens (including phenoxy) is 3. The average molecular weight is 611 g/mol. The first-order valence-electron chi connectivity index (χ1n) is 13.0. The Bertz CT molecular complexity index is 1800. The molecule has 1 fully saturated rings. The lowest BCUT2D eigenvalue weighted by atomic mass is 9.99. The van der Waals surface area contributed by atoms with Crippen LogP contribution in [0.5, 0.6) is 34.5 Å². The summed E-state index contributed by atoms with van der Waals surface area (Å²) in [6.07, 6.45) is -5.99. The molecule has 0 spiro atoms. The van der Waals surface area contributed by atoms with Crippen molar-refractivity contribution in [2.75, 3.05) is 6.61 Å². The molecule has 3 aromatic carbocycles. The van der Waals surface area contributed by atoms with E-state index in [4.69, 9.17) is 18.6 Å². The Kier molecular flexibility index (Phi) is 8.33. The van der Waals surface area contributed by atoms with Gasteiger partial charge in [-0.25, -0.2) is 4.79 Å². The average Bonchev–Trinajstić information content (AvgIpc) is 2.98. The molecule has 2 heterocycles. The molecule has 5 atom stereocenters. The topological polar surface area (TPSA) is 237 Å². The minimum Gasteiger partial charge on any atom is -0.507 e. The summed E-state index contributed by atoms with van der Waals surface area (Å²) in [4.78, 5) is 25.4. The molecule has 0 bridgehead atoms. The molecule has 1 aromatic heterocycles. The van der Waals surface area contributed by atoms with E-state index < -0.39 is 71.7 Å². The van der Waals surface area contributed by atoms with E-state index in [0.717, 1.165) is 24.3 Å². The SMILES string of the molecule is O=C(C=Cc1ccc(O)c(O)c1)O[C@H]1[C@H](Oc2cc(O)c3c(=O)cc(-c4ccc(O)c(O)c4)oc3c2)O[C@H](CO)[C@@H](O)[C@@H]1O. The highest BCUT2D eigenvalue weighted by atomic mass is 16.7. The highest BCUT2D eigenvalue weighted by Crippen LogP contribution is 2.35. The van der Waals surface area contributed by atoms with Crippen molar-refractivity contribution in [1.29, 1.82) is 0 Å². The fraction of sp³-hybridized carbons (Fsp3) is 0.200. The zero-order chi connectivity index (χ0) is 31.7. The minimum atomic E-state index is -1.80. The number of aromatic hydroxyl groups is 5. The van der Waals surface area contributed by atoms with Crippen molar-refractivity contribution in [2.24, 2.45) is 0 Å². The largest absolute Gasteiger partial charge is 0.507 e. The second kappa shape index (κ2) is 12.1. The number of carbonyl (C=O) groups is 1. The van der Waals surface area contributed by atoms with E-state index in [1.807, 2.05) is 0 Å². The smallest absolute Gasteiger partial charge is 0.331 e. The quantitative estimate of drug-likeness (QED) is 0.0840. The normalized spacial score (nSPS) is 21.8. The summed E-state index contributed by atoms with van der Waals surface area (Å²) < 4.78 is 22.4. The maximum atomic E-state index is 12.8. The molecule has 1 aliphatic rings. The van der Waals surface area contributed by atoms with Gasteiger partial charge in [0.2, 0.25) is 6.29 Å². The van der Waals surface area contributed by atoms with E-state index in [-0.39, 0.29) is 33.8 Å². The summed E-state index contributed by atoms with van der Waals surface area (Å²) in [6.45, 7) is -0.746. The van der Waals surface area contributed by atoms with Gasteiger partial charge in [-0.2, -0.15) is 0 Å². The molecule has 0 aliphatic carbocycles. The van der Waals surface area contributed by atoms with Gasteiger partial charge in [0.15, 0.2) is 34.5 Å². The number of hydrogen-bond donors (Lipinski definition) is 8. The maximum Gasteiger partial charge on any atom is 0.331 e. The molecular weight excluding hydrogens is 584 g/mol. The second-order valence-electron chi connectivity index (χ2n) is 9.80. The standard InChI is InChI=1S/C30H26O14/c31-12-24-27(39)28(40)29(44-25(38)6-2-13-1-4-16(32)18(34)7-13)30(43-24)41-15-9-20(36)26-21(37)11-22(42-23(26)10-15)14-3-5-17(33)19(35)8-14/h1-11,24,27-36,39-40H,12H2/t24-,27-,28+,29-,30-/m1/s1. The number of fused-ring (bicyclic) bond motifs is 1. The zero-order valence-corrected chi connectivity index (χ0v) is 22.5. The van der Waals surface area contributed by atoms with Crippen LogP contribution in [0.15, 0.2) is 69.9 Å². The lowest BCUT2D eigenvalue weighted by Crippen LogP contribution is -2.61. The Balaban J connectivity index is 1.44. The van der Waals surface area contributed by atoms with Crippen molar-refractivity contribution in [2.45, 2.75) is 30.7 Å². The van der Waals surface area contributed by atoms with Gasteiger partial charge in [0.05, 0.1) is 6.61 Å². The molecule has 5 rings (SSSR count). The van der Waals surface area contributed by atoms with Crippen LogP contribution in [0.3, 0.4) is 0 Å². The number of carbonyl (C=O) groups excluding carboxylic acids is 1. The lowest BCUT2D eigenvalue weighted by Gasteiger charge is -2.41. The predicted octanol–water partition coefficient (Wildman–Crippen LogP) is 1.43. The van der Waals surface area contributed by atoms with Crippen molar-refractivity contribution in [3.8, 4) is 45.8 Å². The van der Waals surface area contributed by atoms with Crippen molar-refractivity contribution >= 4 is 23.0 Å². The van der Waals surface area contributed by atoms with Crippen molar-refractivity contribution in [3.63, 3.8) is 0 Å². The van der Waals surface area contributed by atoms with Gasteiger partial charge in [-0.15, -0.1) is 0 Å². The molecule has 0 unspecified atom stereocenters. The molecule has 14 heteroatoms. The number of hydrogen-bond acceptors (Lipinski definition) is 14. The van der Waals surface area contributed by atoms with Gasteiger partial charge in [-0.3, -0.25) is 4.79 Å². The van der Waals surface area contributed by atoms with Gasteiger partial charge in [0, 0.05) is 29.8 Å². The summed E-state index contributed by atoms with van der Waals surface area (Å²) in [6, 6.07) is 10.8. The van der Waals surface area contributed by atoms with Crippen LogP contribution in [0.1, 0.15) is 5.56 Å². The molecule has 1 saturated heterocycles. The summed E-state index contributed by atoms with van der Waals surface area (Å²) in [5.41, 5.74) is -0.267. The monoisotopic (exact) mass is 610 g/mol. The van der Waals surface area contributed by atoms with E-state index in [1.54, 1.807) is 0 Å². The highest BCUT2D eigenvalue weighted by molar-refractivity contribution is 5.87. The van der Waals surface area contributed by atoms with Gasteiger partial charge in [-0.1, -0.05) is 6.07 Å². The number of benzene rings is 3. The minimum absolute atomic E-state index is 0.0253. The van der Waals surface area contributed by atoms with Crippen molar-refractivity contribution in [1.82, 2.24) is 0 Å². The third-order valence-electron chi connectivity index (χ3n) is 6.78. The van der Waals surface area contributed by atoms with Gasteiger partial charge in [-0.05, 0) is 42.0 Å². The van der Waals surface area contributed by atoms with Gasteiger partial charge in [0.1, 0.15) is 46.5 Å². The molecule has 0 amide bonds. The second-order valence-corrected chi connectivity index (χ2v) is 9.80. The molecule has 14 nitrogen and oxygen atoms in total. The Morgan fingerprint density at radius 3 is 2.23 bits per heavy atom. The molecule has 4 aromatic rings. The first-order valence-corrected chi connectivity index (χ1v) is 13.0. The fourth-order valence-electron chi connectivity index (χ4n) is 4.52. The number of esters is 1. The van der Waals surface area contributed by atoms with Crippen LogP contribution in [0.4, 0.5) is 0 Å². The Morgan fingerprint density at radius 1 is 0.841 bits per heavy atom. The number of rotatable bonds is 7. The van der Waals surface area contributed by atoms with Gasteiger partial charge in [0.25, 0.3) is 0 Å². The van der Waals surface area contributed by atoms with Crippen LogP contribution in [0.2, 0.25) is 0 Å². The molecule has 0 radical (unpaired) electrons. The molecule has 230 valence electrons. The molecule has 8 N–H and O–H groups in total. The van der Waals surface area contributed by atoms with Crippen LogP contribution >= 0.6 is 0 Å². The summed E-state index contributed by atoms with van der Waals surface area (Å²) >= 11 is 0. The Hall–Kier alpha value is -5.28. The Morgan fingerprint density at radius 2 is 1.55 bits per heavy atom. The van der Waals surface area contributed by atoms with Crippen LogP contribution < -0.4 is 10.2 Å². The van der Waals surface area contributed by atoms with Gasteiger partial charge >= 0.3 is 5.97 Å². The fourth-order valence-corrected chi connectivity index (χ4v) is 4.52. The van der Waals surface area contributed by atoms with E-state index >= 15 is 0 Å². The summed E-state index contributed by atoms with van der Waals surface area (Å²) in [7, 11) is 0. The Labute approximate surface area is 247 Å². The van der Waals surface area contributed by atoms with E-state index in [0.29, 0.717) is 5.56 Å². The maximum absolute atomic E-state index is 12.8. The molecule has 0 saturated carbocycles. The predicted molar refractivity (Wildman–Crippen MR) is 150 cm³/mol. The van der Waals surface area contributed by atoms with Gasteiger partial charge < -0.3 is 59.5 Å². The first kappa shape index (κ1) is 30.2. The summed E-state index contributed by atoms with van der Waals surface area (Å²) in [5, 5.41) is 79.6.